The number of aromatic nitrogens is 2. The van der Waals surface area contributed by atoms with Crippen molar-refractivity contribution in [2.24, 2.45) is 0 Å². The van der Waals surface area contributed by atoms with E-state index in [1.54, 1.807) is 70.3 Å². The molecule has 3 aromatic rings. The second-order valence-corrected chi connectivity index (χ2v) is 9.69. The summed E-state index contributed by atoms with van der Waals surface area (Å²) in [5.74, 6) is 0. The van der Waals surface area contributed by atoms with E-state index in [2.05, 4.69) is 4.98 Å². The van der Waals surface area contributed by atoms with Gasteiger partial charge in [-0.1, -0.05) is 23.8 Å². The number of benzene rings is 1. The highest BCUT2D eigenvalue weighted by Gasteiger charge is 2.36. The van der Waals surface area contributed by atoms with Gasteiger partial charge in [0.25, 0.3) is 10.0 Å². The van der Waals surface area contributed by atoms with E-state index in [0.717, 1.165) is 5.56 Å². The summed E-state index contributed by atoms with van der Waals surface area (Å²) in [6.07, 6.45) is 3.04. The lowest BCUT2D eigenvalue weighted by Crippen LogP contribution is -2.49. The monoisotopic (exact) mass is 399 g/mol. The fourth-order valence-corrected chi connectivity index (χ4v) is 3.84. The molecule has 1 N–H and O–H groups in total. The lowest BCUT2D eigenvalue weighted by molar-refractivity contribution is -0.0893. The van der Waals surface area contributed by atoms with Gasteiger partial charge in [0.15, 0.2) is 5.65 Å². The first kappa shape index (κ1) is 20.6. The third-order valence-corrected chi connectivity index (χ3v) is 6.76. The smallest absolute Gasteiger partial charge is 0.333 e. The normalized spacial score (nSPS) is 13.1. The van der Waals surface area contributed by atoms with Crippen LogP contribution in [-0.2, 0) is 14.7 Å². The third-order valence-electron chi connectivity index (χ3n) is 5.09. The molecule has 0 bridgehead atoms. The summed E-state index contributed by atoms with van der Waals surface area (Å²) in [6, 6.07) is 10.2. The van der Waals surface area contributed by atoms with Gasteiger partial charge in [-0.3, -0.25) is 0 Å². The average Bonchev–Trinajstić information content (AvgIpc) is 2.99. The topological polar surface area (TPSA) is 81.4 Å². The summed E-state index contributed by atoms with van der Waals surface area (Å²) in [5.41, 5.74) is -0.103. The summed E-state index contributed by atoms with van der Waals surface area (Å²) in [7, 11) is -2.34. The molecule has 6 nitrogen and oxygen atoms in total. The number of rotatable bonds is 6. The lowest BCUT2D eigenvalue weighted by Gasteiger charge is -2.37. The molecule has 0 unspecified atom stereocenters. The predicted octanol–water partition coefficient (Wildman–Crippen LogP) is 2.39. The number of hydrogen-bond donors (Lipinski definition) is 1. The molecule has 1 aromatic carbocycles. The summed E-state index contributed by atoms with van der Waals surface area (Å²) >= 11 is 0. The number of aryl methyl sites for hydroxylation is 1. The van der Waals surface area contributed by atoms with Crippen molar-refractivity contribution in [1.29, 1.82) is 0 Å². The van der Waals surface area contributed by atoms with E-state index in [1.165, 1.54) is 17.7 Å². The first-order valence-corrected chi connectivity index (χ1v) is 10.4. The maximum absolute atomic E-state index is 13.2. The fourth-order valence-electron chi connectivity index (χ4n) is 2.51. The van der Waals surface area contributed by atoms with Crippen LogP contribution >= 0.6 is 0 Å². The molecule has 0 amide bonds. The van der Waals surface area contributed by atoms with Gasteiger partial charge in [0, 0.05) is 17.8 Å². The average molecular weight is 399 g/mol. The van der Waals surface area contributed by atoms with E-state index in [9.17, 15) is 13.5 Å². The minimum Gasteiger partial charge on any atom is -0.427 e. The zero-order valence-electron chi connectivity index (χ0n) is 16.7. The number of aliphatic hydroxyl groups is 1. The second kappa shape index (κ2) is 7.02. The Kier molecular flexibility index (Phi) is 5.16. The molecule has 2 aromatic heterocycles. The van der Waals surface area contributed by atoms with Gasteiger partial charge in [-0.25, -0.2) is 17.4 Å². The molecule has 0 fully saturated rings. The van der Waals surface area contributed by atoms with E-state index >= 15 is 0 Å². The van der Waals surface area contributed by atoms with Gasteiger partial charge < -0.3 is 9.76 Å². The summed E-state index contributed by atoms with van der Waals surface area (Å²) in [4.78, 5) is 4.45. The highest BCUT2D eigenvalue weighted by Crippen LogP contribution is 2.25. The molecule has 147 valence electrons. The van der Waals surface area contributed by atoms with Crippen LogP contribution in [0.2, 0.25) is 0 Å². The molecule has 0 atom stereocenters. The quantitative estimate of drug-likeness (QED) is 0.644. The minimum absolute atomic E-state index is 0.185. The van der Waals surface area contributed by atoms with E-state index in [-0.39, 0.29) is 4.90 Å². The summed E-state index contributed by atoms with van der Waals surface area (Å²) < 4.78 is 33.3. The maximum atomic E-state index is 13.2. The molecule has 8 heteroatoms. The van der Waals surface area contributed by atoms with Gasteiger partial charge >= 0.3 is 7.48 Å². The van der Waals surface area contributed by atoms with Crippen molar-refractivity contribution in [3.8, 4) is 0 Å². The maximum Gasteiger partial charge on any atom is 0.333 e. The van der Waals surface area contributed by atoms with Gasteiger partial charge in [-0.2, -0.15) is 0 Å². The molecular weight excluding hydrogens is 375 g/mol. The van der Waals surface area contributed by atoms with Gasteiger partial charge in [0.1, 0.15) is 0 Å². The van der Waals surface area contributed by atoms with Crippen molar-refractivity contribution >= 4 is 34.0 Å². The second-order valence-electron chi connectivity index (χ2n) is 7.88. The summed E-state index contributed by atoms with van der Waals surface area (Å²) in [5, 5.41) is 10.9. The van der Waals surface area contributed by atoms with Crippen molar-refractivity contribution in [3.63, 3.8) is 0 Å². The number of hydrogen-bond acceptors (Lipinski definition) is 5. The van der Waals surface area contributed by atoms with E-state index < -0.39 is 21.2 Å². The molecule has 0 aliphatic heterocycles. The minimum atomic E-state index is -3.81. The third kappa shape index (κ3) is 3.72. The van der Waals surface area contributed by atoms with Crippen molar-refractivity contribution in [2.75, 3.05) is 0 Å². The molecule has 2 heterocycles. The highest BCUT2D eigenvalue weighted by molar-refractivity contribution is 7.90. The van der Waals surface area contributed by atoms with Gasteiger partial charge in [0.05, 0.1) is 16.1 Å². The summed E-state index contributed by atoms with van der Waals surface area (Å²) in [6.45, 7) is 8.76. The van der Waals surface area contributed by atoms with Crippen molar-refractivity contribution in [3.05, 3.63) is 54.4 Å². The van der Waals surface area contributed by atoms with Crippen LogP contribution in [0.5, 0.6) is 0 Å². The molecule has 0 aliphatic carbocycles. The molecule has 0 aliphatic rings. The van der Waals surface area contributed by atoms with Gasteiger partial charge in [-0.05, 0) is 58.3 Å². The highest BCUT2D eigenvalue weighted by atomic mass is 32.2. The van der Waals surface area contributed by atoms with Crippen LogP contribution in [0.4, 0.5) is 0 Å². The zero-order chi connectivity index (χ0) is 20.7. The Bertz CT molecular complexity index is 1100. The number of pyridine rings is 1. The Labute approximate surface area is 166 Å². The van der Waals surface area contributed by atoms with Crippen LogP contribution in [0.15, 0.2) is 53.7 Å². The van der Waals surface area contributed by atoms with Crippen molar-refractivity contribution < 1.29 is 18.2 Å². The zero-order valence-corrected chi connectivity index (χ0v) is 17.5. The van der Waals surface area contributed by atoms with Gasteiger partial charge in [-0.15, -0.1) is 0 Å². The lowest BCUT2D eigenvalue weighted by atomic mass is 9.83. The molecule has 0 saturated carbocycles. The first-order valence-electron chi connectivity index (χ1n) is 8.95. The molecule has 3 rings (SSSR count). The van der Waals surface area contributed by atoms with E-state index in [1.807, 2.05) is 6.92 Å². The number of fused-ring (bicyclic) bond motifs is 1. The Morgan fingerprint density at radius 1 is 1.11 bits per heavy atom. The Balaban J connectivity index is 2.05. The Hall–Kier alpha value is -2.16. The SMILES string of the molecule is Cc1ccc(S(=O)(=O)n2cc([B]OC(C)(C)C(C)(C)O)c3cccnc32)cc1. The van der Waals surface area contributed by atoms with E-state index in [0.29, 0.717) is 16.5 Å². The van der Waals surface area contributed by atoms with Crippen LogP contribution < -0.4 is 5.46 Å². The van der Waals surface area contributed by atoms with Crippen LogP contribution in [0.25, 0.3) is 11.0 Å². The van der Waals surface area contributed by atoms with Crippen LogP contribution in [0, 0.1) is 6.92 Å². The largest absolute Gasteiger partial charge is 0.427 e. The first-order chi connectivity index (χ1) is 12.9. The van der Waals surface area contributed by atoms with Crippen molar-refractivity contribution in [2.45, 2.75) is 50.7 Å². The molecule has 1 radical (unpaired) electrons. The van der Waals surface area contributed by atoms with Crippen LogP contribution in [0.1, 0.15) is 33.3 Å². The Morgan fingerprint density at radius 2 is 1.75 bits per heavy atom. The number of nitrogens with zero attached hydrogens (tertiary/aromatic N) is 2. The van der Waals surface area contributed by atoms with Crippen molar-refractivity contribution in [1.82, 2.24) is 8.96 Å². The van der Waals surface area contributed by atoms with E-state index in [4.69, 9.17) is 4.65 Å². The molecule has 28 heavy (non-hydrogen) atoms. The van der Waals surface area contributed by atoms with Gasteiger partial charge in [0.2, 0.25) is 0 Å². The predicted molar refractivity (Wildman–Crippen MR) is 110 cm³/mol. The fraction of sp³-hybridized carbons (Fsp3) is 0.350. The molecule has 0 saturated heterocycles. The standard InChI is InChI=1S/C20H24BN2O4S/c1-14-8-10-15(11-9-14)28(25,26)23-13-17(16-7-6-12-22-18(16)23)21-27-20(4,5)19(2,3)24/h6-13,24H,1-5H3. The molecular formula is C20H24BN2O4S. The van der Waals surface area contributed by atoms with Crippen LogP contribution in [-0.4, -0.2) is 41.2 Å². The molecule has 0 spiro atoms. The Morgan fingerprint density at radius 3 is 2.36 bits per heavy atom. The van der Waals surface area contributed by atoms with Crippen LogP contribution in [0.3, 0.4) is 0 Å².